The van der Waals surface area contributed by atoms with Gasteiger partial charge in [-0.1, -0.05) is 87.5 Å². The van der Waals surface area contributed by atoms with E-state index in [4.69, 9.17) is 11.3 Å². The van der Waals surface area contributed by atoms with Gasteiger partial charge in [-0.25, -0.2) is 9.97 Å². The first-order chi connectivity index (χ1) is 17.7. The molecule has 0 radical (unpaired) electrons. The summed E-state index contributed by atoms with van der Waals surface area (Å²) in [5.74, 6) is 0. The van der Waals surface area contributed by atoms with Gasteiger partial charge in [0.2, 0.25) is 0 Å². The van der Waals surface area contributed by atoms with E-state index < -0.39 is 0 Å². The molecule has 0 unspecified atom stereocenters. The third kappa shape index (κ3) is 3.98. The largest absolute Gasteiger partial charge is 0.235 e. The summed E-state index contributed by atoms with van der Waals surface area (Å²) < 4.78 is 10.9. The molecular formula is C33H30N2S. The molecule has 2 nitrogen and oxygen atoms in total. The van der Waals surface area contributed by atoms with Gasteiger partial charge in [-0.3, -0.25) is 0 Å². The maximum Gasteiger partial charge on any atom is 0.116 e. The molecule has 2 heterocycles. The van der Waals surface area contributed by atoms with Crippen LogP contribution in [0.25, 0.3) is 53.5 Å². The molecule has 0 N–H and O–H groups in total. The highest BCUT2D eigenvalue weighted by Gasteiger charge is 2.18. The quantitative estimate of drug-likeness (QED) is 0.248. The number of nitrogens with zero attached hydrogens (tertiary/aromatic N) is 2. The number of aryl methyl sites for hydroxylation is 2. The van der Waals surface area contributed by atoms with E-state index in [1.807, 2.05) is 24.3 Å². The highest BCUT2D eigenvalue weighted by molar-refractivity contribution is 7.26. The fourth-order valence-corrected chi connectivity index (χ4v) is 6.55. The average Bonchev–Trinajstić information content (AvgIpc) is 3.24. The number of aromatic nitrogens is 2. The van der Waals surface area contributed by atoms with E-state index in [-0.39, 0.29) is 5.41 Å². The summed E-state index contributed by atoms with van der Waals surface area (Å²) in [6, 6.07) is 24.0. The van der Waals surface area contributed by atoms with E-state index in [0.717, 1.165) is 38.7 Å². The Hall–Kier alpha value is -3.56. The molecule has 0 aliphatic heterocycles. The van der Waals surface area contributed by atoms with Crippen LogP contribution in [0.3, 0.4) is 0 Å². The molecule has 36 heavy (non-hydrogen) atoms. The maximum absolute atomic E-state index is 8.57. The number of hydrogen-bond acceptors (Lipinski definition) is 3. The van der Waals surface area contributed by atoms with Crippen molar-refractivity contribution in [2.24, 2.45) is 5.41 Å². The van der Waals surface area contributed by atoms with Gasteiger partial charge >= 0.3 is 0 Å². The van der Waals surface area contributed by atoms with Gasteiger partial charge in [0.05, 0.1) is 17.3 Å². The van der Waals surface area contributed by atoms with Crippen LogP contribution < -0.4 is 0 Å². The molecule has 6 aromatic rings. The van der Waals surface area contributed by atoms with Crippen molar-refractivity contribution in [1.82, 2.24) is 9.97 Å². The standard InChI is InChI=1S/C33H30N2S/c1-20-16-22(18-33(3,4)5)10-13-26(20)27-14-15-28-30-32(36-31(28)21(27)2)29(34-19-35-30)25-12-11-23-8-6-7-9-24(23)17-25/h6-17,19H,18H2,1-5H3/i11D. The number of fused-ring (bicyclic) bond motifs is 4. The molecule has 0 bridgehead atoms. The van der Waals surface area contributed by atoms with E-state index in [1.54, 1.807) is 17.7 Å². The second-order valence-electron chi connectivity index (χ2n) is 11.0. The van der Waals surface area contributed by atoms with Gasteiger partial charge < -0.3 is 0 Å². The van der Waals surface area contributed by atoms with Crippen LogP contribution in [0.15, 0.2) is 79.1 Å². The molecule has 0 atom stereocenters. The number of thiophene rings is 1. The molecule has 0 saturated carbocycles. The van der Waals surface area contributed by atoms with Gasteiger partial charge in [0.25, 0.3) is 0 Å². The predicted molar refractivity (Wildman–Crippen MR) is 156 cm³/mol. The average molecular weight is 488 g/mol. The summed E-state index contributed by atoms with van der Waals surface area (Å²) >= 11 is 1.76. The SMILES string of the molecule is [2H]c1cc(-c2ncnc3c2sc2c(C)c(-c4ccc(CC(C)(C)C)cc4C)ccc23)cc2ccccc12. The van der Waals surface area contributed by atoms with Gasteiger partial charge in [-0.2, -0.15) is 0 Å². The van der Waals surface area contributed by atoms with Crippen molar-refractivity contribution in [3.05, 3.63) is 95.8 Å². The van der Waals surface area contributed by atoms with Crippen molar-refractivity contribution in [3.8, 4) is 22.4 Å². The van der Waals surface area contributed by atoms with Crippen LogP contribution in [-0.2, 0) is 6.42 Å². The highest BCUT2D eigenvalue weighted by atomic mass is 32.1. The molecule has 0 aliphatic carbocycles. The second-order valence-corrected chi connectivity index (χ2v) is 12.0. The van der Waals surface area contributed by atoms with Crippen LogP contribution in [0.4, 0.5) is 0 Å². The van der Waals surface area contributed by atoms with Crippen LogP contribution in [0.5, 0.6) is 0 Å². The normalized spacial score (nSPS) is 12.5. The van der Waals surface area contributed by atoms with Gasteiger partial charge in [-0.05, 0) is 70.3 Å². The van der Waals surface area contributed by atoms with Gasteiger partial charge in [-0.15, -0.1) is 11.3 Å². The highest BCUT2D eigenvalue weighted by Crippen LogP contribution is 2.42. The van der Waals surface area contributed by atoms with Crippen LogP contribution in [0, 0.1) is 19.3 Å². The Bertz CT molecular complexity index is 1820. The monoisotopic (exact) mass is 487 g/mol. The fourth-order valence-electron chi connectivity index (χ4n) is 5.28. The smallest absolute Gasteiger partial charge is 0.116 e. The first-order valence-corrected chi connectivity index (χ1v) is 13.3. The summed E-state index contributed by atoms with van der Waals surface area (Å²) in [4.78, 5) is 9.40. The summed E-state index contributed by atoms with van der Waals surface area (Å²) in [7, 11) is 0. The Kier molecular flexibility index (Phi) is 5.14. The lowest BCUT2D eigenvalue weighted by Gasteiger charge is -2.19. The molecule has 0 spiro atoms. The minimum absolute atomic E-state index is 0.268. The van der Waals surface area contributed by atoms with Crippen LogP contribution in [0.1, 0.15) is 38.8 Å². The van der Waals surface area contributed by atoms with Gasteiger partial charge in [0.15, 0.2) is 0 Å². The zero-order valence-corrected chi connectivity index (χ0v) is 22.3. The lowest BCUT2D eigenvalue weighted by molar-refractivity contribution is 0.411. The Balaban J connectivity index is 1.50. The molecule has 6 rings (SSSR count). The maximum atomic E-state index is 8.57. The lowest BCUT2D eigenvalue weighted by atomic mass is 9.86. The fraction of sp³-hybridized carbons (Fsp3) is 0.212. The molecule has 3 heteroatoms. The van der Waals surface area contributed by atoms with Crippen LogP contribution >= 0.6 is 11.3 Å². The first-order valence-electron chi connectivity index (χ1n) is 13.0. The van der Waals surface area contributed by atoms with Crippen molar-refractivity contribution >= 4 is 42.4 Å². The third-order valence-electron chi connectivity index (χ3n) is 6.91. The third-order valence-corrected chi connectivity index (χ3v) is 8.23. The molecular weight excluding hydrogens is 456 g/mol. The van der Waals surface area contributed by atoms with Gasteiger partial charge in [0, 0.05) is 15.6 Å². The van der Waals surface area contributed by atoms with E-state index in [1.165, 1.54) is 37.9 Å². The molecule has 178 valence electrons. The summed E-state index contributed by atoms with van der Waals surface area (Å²) in [5, 5.41) is 3.18. The number of benzene rings is 4. The summed E-state index contributed by atoms with van der Waals surface area (Å²) in [5.41, 5.74) is 9.64. The van der Waals surface area contributed by atoms with Crippen molar-refractivity contribution in [1.29, 1.82) is 0 Å². The number of hydrogen-bond donors (Lipinski definition) is 0. The Morgan fingerprint density at radius 2 is 1.61 bits per heavy atom. The Morgan fingerprint density at radius 3 is 2.39 bits per heavy atom. The Morgan fingerprint density at radius 1 is 0.833 bits per heavy atom. The molecule has 0 fully saturated rings. The van der Waals surface area contributed by atoms with E-state index >= 15 is 0 Å². The first kappa shape index (κ1) is 21.7. The summed E-state index contributed by atoms with van der Waals surface area (Å²) in [6.07, 6.45) is 2.72. The van der Waals surface area contributed by atoms with E-state index in [9.17, 15) is 0 Å². The van der Waals surface area contributed by atoms with Crippen molar-refractivity contribution in [2.75, 3.05) is 0 Å². The topological polar surface area (TPSA) is 25.8 Å². The number of rotatable bonds is 3. The van der Waals surface area contributed by atoms with Crippen LogP contribution in [0.2, 0.25) is 0 Å². The minimum atomic E-state index is 0.268. The van der Waals surface area contributed by atoms with E-state index in [0.29, 0.717) is 6.04 Å². The zero-order chi connectivity index (χ0) is 25.9. The Labute approximate surface area is 218 Å². The minimum Gasteiger partial charge on any atom is -0.235 e. The van der Waals surface area contributed by atoms with Crippen molar-refractivity contribution in [3.63, 3.8) is 0 Å². The van der Waals surface area contributed by atoms with Crippen molar-refractivity contribution in [2.45, 2.75) is 41.0 Å². The lowest BCUT2D eigenvalue weighted by Crippen LogP contribution is -2.09. The zero-order valence-electron chi connectivity index (χ0n) is 22.4. The molecule has 0 saturated heterocycles. The summed E-state index contributed by atoms with van der Waals surface area (Å²) in [6.45, 7) is 11.3. The molecule has 0 amide bonds. The van der Waals surface area contributed by atoms with Gasteiger partial charge in [0.1, 0.15) is 6.33 Å². The molecule has 0 aliphatic rings. The molecule has 2 aromatic heterocycles. The predicted octanol–water partition coefficient (Wildman–Crippen LogP) is 9.54. The van der Waals surface area contributed by atoms with E-state index in [2.05, 4.69) is 77.1 Å². The van der Waals surface area contributed by atoms with Crippen LogP contribution in [-0.4, -0.2) is 9.97 Å². The second kappa shape index (κ2) is 8.53. The van der Waals surface area contributed by atoms with Crippen molar-refractivity contribution < 1.29 is 1.37 Å². The molecule has 4 aromatic carbocycles.